The largest absolute Gasteiger partial charge is 0.383 e. The van der Waals surface area contributed by atoms with E-state index < -0.39 is 0 Å². The molecule has 0 radical (unpaired) electrons. The number of nitrogens with zero attached hydrogens (tertiary/aromatic N) is 3. The standard InChI is InChI=1S/C14H17ClN4/c1-9-13(15)14(16)19(17-9)8-10-3-4-12-11(7-10)5-6-18(12)2/h3-4,7H,5-6,8,16H2,1-2H3. The second-order valence-corrected chi connectivity index (χ2v) is 5.45. The third kappa shape index (κ3) is 2.06. The van der Waals surface area contributed by atoms with Crippen LogP contribution < -0.4 is 10.6 Å². The van der Waals surface area contributed by atoms with Crippen LogP contribution in [0, 0.1) is 6.92 Å². The highest BCUT2D eigenvalue weighted by Gasteiger charge is 2.16. The maximum atomic E-state index is 6.06. The number of nitrogens with two attached hydrogens (primary N) is 1. The third-order valence-corrected chi connectivity index (χ3v) is 4.16. The van der Waals surface area contributed by atoms with E-state index in [1.807, 2.05) is 6.92 Å². The van der Waals surface area contributed by atoms with E-state index in [9.17, 15) is 0 Å². The first-order valence-electron chi connectivity index (χ1n) is 6.37. The Morgan fingerprint density at radius 1 is 1.42 bits per heavy atom. The van der Waals surface area contributed by atoms with E-state index in [2.05, 4.69) is 35.2 Å². The summed E-state index contributed by atoms with van der Waals surface area (Å²) in [6.45, 7) is 3.62. The summed E-state index contributed by atoms with van der Waals surface area (Å²) in [5, 5.41) is 4.92. The van der Waals surface area contributed by atoms with Gasteiger partial charge in [-0.15, -0.1) is 0 Å². The first-order valence-corrected chi connectivity index (χ1v) is 6.75. The lowest BCUT2D eigenvalue weighted by atomic mass is 10.1. The summed E-state index contributed by atoms with van der Waals surface area (Å²) in [4.78, 5) is 2.28. The minimum atomic E-state index is 0.539. The summed E-state index contributed by atoms with van der Waals surface area (Å²) in [5.41, 5.74) is 10.7. The Bertz CT molecular complexity index is 633. The zero-order valence-corrected chi connectivity index (χ0v) is 11.9. The fourth-order valence-corrected chi connectivity index (χ4v) is 2.72. The fourth-order valence-electron chi connectivity index (χ4n) is 2.59. The van der Waals surface area contributed by atoms with Gasteiger partial charge in [0.25, 0.3) is 0 Å². The second-order valence-electron chi connectivity index (χ2n) is 5.08. The Balaban J connectivity index is 1.90. The van der Waals surface area contributed by atoms with Gasteiger partial charge in [-0.3, -0.25) is 0 Å². The van der Waals surface area contributed by atoms with Crippen molar-refractivity contribution in [3.8, 4) is 0 Å². The Morgan fingerprint density at radius 3 is 2.89 bits per heavy atom. The molecule has 2 N–H and O–H groups in total. The van der Waals surface area contributed by atoms with Crippen molar-refractivity contribution < 1.29 is 0 Å². The molecule has 0 saturated heterocycles. The number of aryl methyl sites for hydroxylation is 1. The van der Waals surface area contributed by atoms with Crippen molar-refractivity contribution in [1.29, 1.82) is 0 Å². The Labute approximate surface area is 117 Å². The van der Waals surface area contributed by atoms with Crippen LogP contribution in [0.15, 0.2) is 18.2 Å². The summed E-state index contributed by atoms with van der Waals surface area (Å²) in [5.74, 6) is 0.539. The monoisotopic (exact) mass is 276 g/mol. The molecule has 100 valence electrons. The summed E-state index contributed by atoms with van der Waals surface area (Å²) in [6.07, 6.45) is 1.11. The Hall–Kier alpha value is -1.68. The maximum Gasteiger partial charge on any atom is 0.141 e. The van der Waals surface area contributed by atoms with Gasteiger partial charge >= 0.3 is 0 Å². The van der Waals surface area contributed by atoms with Crippen molar-refractivity contribution in [2.24, 2.45) is 0 Å². The molecule has 2 aromatic rings. The van der Waals surface area contributed by atoms with Crippen LogP contribution in [0.4, 0.5) is 11.5 Å². The third-order valence-electron chi connectivity index (χ3n) is 3.70. The van der Waals surface area contributed by atoms with Crippen LogP contribution in [-0.4, -0.2) is 23.4 Å². The van der Waals surface area contributed by atoms with Crippen LogP contribution in [0.25, 0.3) is 0 Å². The average Bonchev–Trinajstić information content (AvgIpc) is 2.87. The molecule has 2 heterocycles. The van der Waals surface area contributed by atoms with Gasteiger partial charge in [-0.05, 0) is 30.5 Å². The van der Waals surface area contributed by atoms with Crippen LogP contribution >= 0.6 is 11.6 Å². The summed E-state index contributed by atoms with van der Waals surface area (Å²) < 4.78 is 1.76. The van der Waals surface area contributed by atoms with E-state index in [-0.39, 0.29) is 0 Å². The molecule has 3 rings (SSSR count). The summed E-state index contributed by atoms with van der Waals surface area (Å²) in [6, 6.07) is 6.54. The fraction of sp³-hybridized carbons (Fsp3) is 0.357. The number of anilines is 2. The van der Waals surface area contributed by atoms with Crippen LogP contribution in [0.5, 0.6) is 0 Å². The predicted octanol–water partition coefficient (Wildman–Crippen LogP) is 2.47. The quantitative estimate of drug-likeness (QED) is 0.917. The van der Waals surface area contributed by atoms with Crippen LogP contribution in [0.1, 0.15) is 16.8 Å². The smallest absolute Gasteiger partial charge is 0.141 e. The normalized spacial score (nSPS) is 13.9. The molecular weight excluding hydrogens is 260 g/mol. The topological polar surface area (TPSA) is 47.1 Å². The van der Waals surface area contributed by atoms with Gasteiger partial charge in [-0.2, -0.15) is 5.10 Å². The first kappa shape index (κ1) is 12.4. The highest BCUT2D eigenvalue weighted by Crippen LogP contribution is 2.28. The number of aromatic nitrogens is 2. The van der Waals surface area contributed by atoms with Gasteiger partial charge < -0.3 is 10.6 Å². The molecule has 1 aliphatic heterocycles. The molecule has 0 unspecified atom stereocenters. The lowest BCUT2D eigenvalue weighted by Crippen LogP contribution is -2.12. The number of benzene rings is 1. The van der Waals surface area contributed by atoms with Gasteiger partial charge in [0.05, 0.1) is 12.2 Å². The number of likely N-dealkylation sites (N-methyl/N-ethyl adjacent to an activating group) is 1. The maximum absolute atomic E-state index is 6.06. The van der Waals surface area contributed by atoms with Gasteiger partial charge in [0.1, 0.15) is 10.8 Å². The minimum absolute atomic E-state index is 0.539. The molecule has 0 amide bonds. The minimum Gasteiger partial charge on any atom is -0.383 e. The highest BCUT2D eigenvalue weighted by molar-refractivity contribution is 6.33. The van der Waals surface area contributed by atoms with Crippen molar-refractivity contribution in [1.82, 2.24) is 9.78 Å². The average molecular weight is 277 g/mol. The molecule has 1 aromatic heterocycles. The lowest BCUT2D eigenvalue weighted by Gasteiger charge is -2.12. The van der Waals surface area contributed by atoms with E-state index in [1.54, 1.807) is 4.68 Å². The molecule has 1 aromatic carbocycles. The van der Waals surface area contributed by atoms with Crippen molar-refractivity contribution in [2.75, 3.05) is 24.2 Å². The molecule has 0 atom stereocenters. The number of rotatable bonds is 2. The van der Waals surface area contributed by atoms with Crippen molar-refractivity contribution in [3.63, 3.8) is 0 Å². The van der Waals surface area contributed by atoms with E-state index in [0.29, 0.717) is 17.4 Å². The number of hydrogen-bond acceptors (Lipinski definition) is 3. The summed E-state index contributed by atoms with van der Waals surface area (Å²) >= 11 is 6.06. The molecule has 0 fully saturated rings. The van der Waals surface area contributed by atoms with Crippen LogP contribution in [-0.2, 0) is 13.0 Å². The number of nitrogen functional groups attached to an aromatic ring is 1. The van der Waals surface area contributed by atoms with Crippen molar-refractivity contribution >= 4 is 23.1 Å². The molecule has 4 nitrogen and oxygen atoms in total. The molecule has 19 heavy (non-hydrogen) atoms. The highest BCUT2D eigenvalue weighted by atomic mass is 35.5. The van der Waals surface area contributed by atoms with Gasteiger partial charge in [-0.1, -0.05) is 23.7 Å². The van der Waals surface area contributed by atoms with E-state index in [4.69, 9.17) is 17.3 Å². The van der Waals surface area contributed by atoms with Gasteiger partial charge in [0.15, 0.2) is 0 Å². The van der Waals surface area contributed by atoms with Crippen molar-refractivity contribution in [2.45, 2.75) is 19.9 Å². The predicted molar refractivity (Wildman–Crippen MR) is 78.9 cm³/mol. The van der Waals surface area contributed by atoms with Gasteiger partial charge in [0, 0.05) is 19.3 Å². The molecule has 5 heteroatoms. The molecule has 0 spiro atoms. The molecule has 1 aliphatic rings. The number of fused-ring (bicyclic) bond motifs is 1. The molecule has 0 saturated carbocycles. The molecule has 0 bridgehead atoms. The SMILES string of the molecule is Cc1nn(Cc2ccc3c(c2)CCN3C)c(N)c1Cl. The van der Waals surface area contributed by atoms with E-state index >= 15 is 0 Å². The van der Waals surface area contributed by atoms with Crippen LogP contribution in [0.3, 0.4) is 0 Å². The lowest BCUT2D eigenvalue weighted by molar-refractivity contribution is 0.689. The molecular formula is C14H17ClN4. The first-order chi connectivity index (χ1) is 9.06. The van der Waals surface area contributed by atoms with Gasteiger partial charge in [0.2, 0.25) is 0 Å². The second kappa shape index (κ2) is 4.46. The Kier molecular flexibility index (Phi) is 2.90. The van der Waals surface area contributed by atoms with Crippen LogP contribution in [0.2, 0.25) is 5.02 Å². The van der Waals surface area contributed by atoms with E-state index in [1.165, 1.54) is 16.8 Å². The number of halogens is 1. The van der Waals surface area contributed by atoms with Crippen molar-refractivity contribution in [3.05, 3.63) is 40.0 Å². The zero-order chi connectivity index (χ0) is 13.6. The Morgan fingerprint density at radius 2 is 2.21 bits per heavy atom. The van der Waals surface area contributed by atoms with E-state index in [0.717, 1.165) is 18.7 Å². The summed E-state index contributed by atoms with van der Waals surface area (Å²) in [7, 11) is 2.13. The van der Waals surface area contributed by atoms with Gasteiger partial charge in [-0.25, -0.2) is 4.68 Å². The number of hydrogen-bond donors (Lipinski definition) is 1. The molecule has 0 aliphatic carbocycles. The zero-order valence-electron chi connectivity index (χ0n) is 11.2.